The van der Waals surface area contributed by atoms with Crippen molar-refractivity contribution >= 4 is 11.8 Å². The van der Waals surface area contributed by atoms with Crippen LogP contribution in [-0.4, -0.2) is 44.1 Å². The van der Waals surface area contributed by atoms with E-state index < -0.39 is 11.8 Å². The summed E-state index contributed by atoms with van der Waals surface area (Å²) in [6.45, 7) is 1.71. The molecule has 2 heterocycles. The molecular weight excluding hydrogens is 398 g/mol. The number of hydrogen-bond acceptors (Lipinski definition) is 6. The molecule has 0 aliphatic heterocycles. The fraction of sp³-hybridized carbons (Fsp3) is 0.0952. The number of nitrogens with zero attached hydrogens (tertiary/aromatic N) is 4. The second kappa shape index (κ2) is 8.49. The molecule has 0 fully saturated rings. The van der Waals surface area contributed by atoms with Crippen molar-refractivity contribution in [1.29, 1.82) is 0 Å². The summed E-state index contributed by atoms with van der Waals surface area (Å²) in [7, 11) is 1.57. The number of carbonyl (C=O) groups is 2. The van der Waals surface area contributed by atoms with E-state index in [4.69, 9.17) is 4.74 Å². The Morgan fingerprint density at radius 3 is 2.55 bits per heavy atom. The van der Waals surface area contributed by atoms with Crippen LogP contribution in [0.25, 0.3) is 16.9 Å². The Balaban J connectivity index is 1.43. The van der Waals surface area contributed by atoms with Crippen LogP contribution in [0.5, 0.6) is 5.75 Å². The molecule has 0 bridgehead atoms. The third kappa shape index (κ3) is 4.13. The molecule has 0 saturated heterocycles. The summed E-state index contributed by atoms with van der Waals surface area (Å²) in [6, 6.07) is 18.2. The lowest BCUT2D eigenvalue weighted by Gasteiger charge is -2.07. The largest absolute Gasteiger partial charge is 0.497 e. The first-order valence-corrected chi connectivity index (χ1v) is 9.35. The molecule has 0 spiro atoms. The standard InChI is InChI=1S/C21H19N7O3/c1-13-19(24-27-28(13)15-9-6-10-16(11-15)31-2)21(30)26-25-20(29)18-12-17(22-23-18)14-7-4-3-5-8-14/h3-12H,1-2H3,(H,22,23)(H,25,29)(H,26,30). The van der Waals surface area contributed by atoms with Crippen molar-refractivity contribution in [3.8, 4) is 22.7 Å². The number of nitrogens with one attached hydrogen (secondary N) is 3. The van der Waals surface area contributed by atoms with Crippen molar-refractivity contribution in [2.45, 2.75) is 6.92 Å². The monoisotopic (exact) mass is 417 g/mol. The first kappa shape index (κ1) is 19.8. The van der Waals surface area contributed by atoms with Gasteiger partial charge in [-0.15, -0.1) is 5.10 Å². The van der Waals surface area contributed by atoms with E-state index in [1.807, 2.05) is 42.5 Å². The minimum atomic E-state index is -0.595. The molecule has 2 aromatic carbocycles. The van der Waals surface area contributed by atoms with Gasteiger partial charge >= 0.3 is 0 Å². The Bertz CT molecular complexity index is 1230. The van der Waals surface area contributed by atoms with E-state index in [-0.39, 0.29) is 11.4 Å². The summed E-state index contributed by atoms with van der Waals surface area (Å²) in [6.07, 6.45) is 0. The Morgan fingerprint density at radius 1 is 1.00 bits per heavy atom. The molecule has 0 atom stereocenters. The van der Waals surface area contributed by atoms with Crippen molar-refractivity contribution in [1.82, 2.24) is 36.0 Å². The highest BCUT2D eigenvalue weighted by molar-refractivity contribution is 5.98. The second-order valence-corrected chi connectivity index (χ2v) is 6.58. The van der Waals surface area contributed by atoms with Gasteiger partial charge in [0.25, 0.3) is 11.8 Å². The number of hydrogen-bond donors (Lipinski definition) is 3. The second-order valence-electron chi connectivity index (χ2n) is 6.58. The van der Waals surface area contributed by atoms with Gasteiger partial charge in [-0.3, -0.25) is 25.5 Å². The molecule has 10 heteroatoms. The first-order valence-electron chi connectivity index (χ1n) is 9.35. The number of amides is 2. The average molecular weight is 417 g/mol. The summed E-state index contributed by atoms with van der Waals surface area (Å²) < 4.78 is 6.73. The molecule has 3 N–H and O–H groups in total. The van der Waals surface area contributed by atoms with Gasteiger partial charge < -0.3 is 4.74 Å². The van der Waals surface area contributed by atoms with Gasteiger partial charge in [-0.2, -0.15) is 5.10 Å². The van der Waals surface area contributed by atoms with E-state index in [2.05, 4.69) is 31.4 Å². The summed E-state index contributed by atoms with van der Waals surface area (Å²) in [4.78, 5) is 24.9. The van der Waals surface area contributed by atoms with Crippen LogP contribution in [0.3, 0.4) is 0 Å². The van der Waals surface area contributed by atoms with E-state index in [1.165, 1.54) is 4.68 Å². The lowest BCUT2D eigenvalue weighted by atomic mass is 10.1. The molecule has 0 aliphatic carbocycles. The highest BCUT2D eigenvalue weighted by Crippen LogP contribution is 2.18. The van der Waals surface area contributed by atoms with Crippen molar-refractivity contribution in [3.63, 3.8) is 0 Å². The molecule has 4 rings (SSSR count). The van der Waals surface area contributed by atoms with Crippen LogP contribution >= 0.6 is 0 Å². The number of H-pyrrole nitrogens is 1. The van der Waals surface area contributed by atoms with Crippen molar-refractivity contribution < 1.29 is 14.3 Å². The zero-order valence-electron chi connectivity index (χ0n) is 16.8. The van der Waals surface area contributed by atoms with Crippen molar-refractivity contribution in [3.05, 3.63) is 77.7 Å². The number of carbonyl (C=O) groups excluding carboxylic acids is 2. The highest BCUT2D eigenvalue weighted by Gasteiger charge is 2.19. The molecule has 0 radical (unpaired) electrons. The van der Waals surface area contributed by atoms with E-state index in [9.17, 15) is 9.59 Å². The van der Waals surface area contributed by atoms with Gasteiger partial charge in [0.15, 0.2) is 5.69 Å². The smallest absolute Gasteiger partial charge is 0.292 e. The summed E-state index contributed by atoms with van der Waals surface area (Å²) in [5.74, 6) is -0.483. The van der Waals surface area contributed by atoms with Crippen LogP contribution in [0.4, 0.5) is 0 Å². The summed E-state index contributed by atoms with van der Waals surface area (Å²) in [5, 5.41) is 14.7. The lowest BCUT2D eigenvalue weighted by molar-refractivity contribution is 0.0840. The number of methoxy groups -OCH3 is 1. The Labute approximate surface area is 177 Å². The van der Waals surface area contributed by atoms with E-state index >= 15 is 0 Å². The molecule has 0 unspecified atom stereocenters. The Hall–Kier alpha value is -4.47. The van der Waals surface area contributed by atoms with Gasteiger partial charge in [-0.1, -0.05) is 41.6 Å². The molecule has 31 heavy (non-hydrogen) atoms. The predicted molar refractivity (Wildman–Crippen MR) is 112 cm³/mol. The first-order chi connectivity index (χ1) is 15.1. The predicted octanol–water partition coefficient (Wildman–Crippen LogP) is 2.05. The zero-order valence-corrected chi connectivity index (χ0v) is 16.8. The number of aromatic amines is 1. The normalized spacial score (nSPS) is 10.5. The fourth-order valence-electron chi connectivity index (χ4n) is 2.96. The van der Waals surface area contributed by atoms with Gasteiger partial charge in [0.2, 0.25) is 0 Å². The van der Waals surface area contributed by atoms with Crippen LogP contribution in [0, 0.1) is 6.92 Å². The van der Waals surface area contributed by atoms with Gasteiger partial charge in [0, 0.05) is 11.6 Å². The maximum absolute atomic E-state index is 12.5. The number of benzene rings is 2. The van der Waals surface area contributed by atoms with E-state index in [0.717, 1.165) is 5.56 Å². The van der Waals surface area contributed by atoms with Crippen LogP contribution in [0.15, 0.2) is 60.7 Å². The maximum atomic E-state index is 12.5. The van der Waals surface area contributed by atoms with Crippen molar-refractivity contribution in [2.75, 3.05) is 7.11 Å². The minimum Gasteiger partial charge on any atom is -0.497 e. The molecular formula is C21H19N7O3. The maximum Gasteiger partial charge on any atom is 0.292 e. The third-order valence-corrected chi connectivity index (χ3v) is 4.59. The average Bonchev–Trinajstić information content (AvgIpc) is 3.45. The summed E-state index contributed by atoms with van der Waals surface area (Å²) in [5.41, 5.74) is 7.67. The molecule has 0 saturated carbocycles. The van der Waals surface area contributed by atoms with Gasteiger partial charge in [0.05, 0.1) is 24.2 Å². The Morgan fingerprint density at radius 2 is 1.77 bits per heavy atom. The topological polar surface area (TPSA) is 127 Å². The highest BCUT2D eigenvalue weighted by atomic mass is 16.5. The number of aromatic nitrogens is 5. The van der Waals surface area contributed by atoms with Gasteiger partial charge in [-0.25, -0.2) is 4.68 Å². The quantitative estimate of drug-likeness (QED) is 0.427. The van der Waals surface area contributed by atoms with Crippen LogP contribution in [-0.2, 0) is 0 Å². The number of hydrazine groups is 1. The fourth-order valence-corrected chi connectivity index (χ4v) is 2.96. The molecule has 0 aliphatic rings. The van der Waals surface area contributed by atoms with E-state index in [1.54, 1.807) is 32.2 Å². The Kier molecular flexibility index (Phi) is 5.43. The van der Waals surface area contributed by atoms with Crippen LogP contribution in [0.2, 0.25) is 0 Å². The third-order valence-electron chi connectivity index (χ3n) is 4.59. The van der Waals surface area contributed by atoms with Gasteiger partial charge in [-0.05, 0) is 25.1 Å². The minimum absolute atomic E-state index is 0.0812. The van der Waals surface area contributed by atoms with Crippen LogP contribution in [0.1, 0.15) is 26.7 Å². The molecule has 4 aromatic rings. The molecule has 2 aromatic heterocycles. The lowest BCUT2D eigenvalue weighted by Crippen LogP contribution is -2.42. The van der Waals surface area contributed by atoms with Gasteiger partial charge in [0.1, 0.15) is 11.4 Å². The zero-order chi connectivity index (χ0) is 21.8. The van der Waals surface area contributed by atoms with E-state index in [0.29, 0.717) is 22.8 Å². The number of rotatable bonds is 5. The SMILES string of the molecule is COc1cccc(-n2nnc(C(=O)NNC(=O)c3cc(-c4ccccc4)n[nH]3)c2C)c1. The molecule has 156 valence electrons. The van der Waals surface area contributed by atoms with Crippen LogP contribution < -0.4 is 15.6 Å². The summed E-state index contributed by atoms with van der Waals surface area (Å²) >= 11 is 0. The number of ether oxygens (including phenoxy) is 1. The molecule has 10 nitrogen and oxygen atoms in total. The van der Waals surface area contributed by atoms with Crippen molar-refractivity contribution in [2.24, 2.45) is 0 Å². The molecule has 2 amide bonds.